The minimum atomic E-state index is 0.199. The van der Waals surface area contributed by atoms with E-state index in [0.29, 0.717) is 6.10 Å². The molecule has 1 saturated heterocycles. The highest BCUT2D eigenvalue weighted by Gasteiger charge is 2.15. The molecule has 1 atom stereocenters. The Hall–Kier alpha value is -1.75. The lowest BCUT2D eigenvalue weighted by Crippen LogP contribution is -2.40. The average molecular weight is 305 g/mol. The molecule has 5 heteroatoms. The minimum absolute atomic E-state index is 0.199. The smallest absolute Gasteiger partial charge is 0.191 e. The molecular formula is C17H27N3O2. The molecule has 122 valence electrons. The lowest BCUT2D eigenvalue weighted by atomic mass is 10.2. The molecule has 0 aromatic heterocycles. The Morgan fingerprint density at radius 2 is 2.09 bits per heavy atom. The number of nitrogens with one attached hydrogen (secondary N) is 2. The summed E-state index contributed by atoms with van der Waals surface area (Å²) in [5.74, 6) is 1.71. The maximum atomic E-state index is 5.64. The van der Waals surface area contributed by atoms with Gasteiger partial charge in [-0.15, -0.1) is 0 Å². The lowest BCUT2D eigenvalue weighted by Gasteiger charge is -2.15. The lowest BCUT2D eigenvalue weighted by molar-refractivity contribution is 0.114. The number of guanidine groups is 1. The summed E-state index contributed by atoms with van der Waals surface area (Å²) in [6.45, 7) is 6.47. The van der Waals surface area contributed by atoms with Crippen LogP contribution in [-0.2, 0) is 11.3 Å². The zero-order valence-electron chi connectivity index (χ0n) is 13.8. The largest absolute Gasteiger partial charge is 0.491 e. The summed E-state index contributed by atoms with van der Waals surface area (Å²) < 4.78 is 11.2. The first-order valence-corrected chi connectivity index (χ1v) is 7.99. The third kappa shape index (κ3) is 5.56. The Morgan fingerprint density at radius 3 is 2.68 bits per heavy atom. The van der Waals surface area contributed by atoms with Crippen LogP contribution in [0.2, 0.25) is 0 Å². The van der Waals surface area contributed by atoms with Gasteiger partial charge in [-0.1, -0.05) is 12.1 Å². The van der Waals surface area contributed by atoms with Crippen molar-refractivity contribution < 1.29 is 9.47 Å². The van der Waals surface area contributed by atoms with Gasteiger partial charge in [0.2, 0.25) is 0 Å². The topological polar surface area (TPSA) is 54.9 Å². The van der Waals surface area contributed by atoms with Gasteiger partial charge in [0.05, 0.1) is 12.2 Å². The van der Waals surface area contributed by atoms with Gasteiger partial charge < -0.3 is 20.1 Å². The van der Waals surface area contributed by atoms with E-state index in [1.54, 1.807) is 7.05 Å². The molecule has 0 radical (unpaired) electrons. The van der Waals surface area contributed by atoms with E-state index in [1.165, 1.54) is 5.56 Å². The van der Waals surface area contributed by atoms with Crippen LogP contribution >= 0.6 is 0 Å². The summed E-state index contributed by atoms with van der Waals surface area (Å²) in [5, 5.41) is 6.62. The van der Waals surface area contributed by atoms with E-state index in [9.17, 15) is 0 Å². The number of ether oxygens (including phenoxy) is 2. The van der Waals surface area contributed by atoms with Crippen molar-refractivity contribution >= 4 is 5.96 Å². The van der Waals surface area contributed by atoms with Gasteiger partial charge in [0, 0.05) is 26.7 Å². The van der Waals surface area contributed by atoms with Crippen molar-refractivity contribution in [3.05, 3.63) is 29.8 Å². The normalized spacial score (nSPS) is 18.5. The number of nitrogens with zero attached hydrogens (tertiary/aromatic N) is 1. The van der Waals surface area contributed by atoms with Crippen LogP contribution < -0.4 is 15.4 Å². The Balaban J connectivity index is 1.75. The van der Waals surface area contributed by atoms with E-state index >= 15 is 0 Å². The van der Waals surface area contributed by atoms with Crippen molar-refractivity contribution in [1.29, 1.82) is 0 Å². The van der Waals surface area contributed by atoms with Gasteiger partial charge in [-0.3, -0.25) is 4.99 Å². The molecule has 1 heterocycles. The summed E-state index contributed by atoms with van der Waals surface area (Å²) >= 11 is 0. The molecule has 1 aromatic rings. The van der Waals surface area contributed by atoms with Crippen LogP contribution in [0.3, 0.4) is 0 Å². The van der Waals surface area contributed by atoms with Gasteiger partial charge in [0.1, 0.15) is 5.75 Å². The summed E-state index contributed by atoms with van der Waals surface area (Å²) in [6, 6.07) is 8.13. The SMILES string of the molecule is CN=C(NCc1ccc(OC(C)C)cc1)NCC1CCCO1. The van der Waals surface area contributed by atoms with Gasteiger partial charge in [-0.2, -0.15) is 0 Å². The molecule has 5 nitrogen and oxygen atoms in total. The second kappa shape index (κ2) is 8.63. The molecule has 1 fully saturated rings. The number of hydrogen-bond acceptors (Lipinski definition) is 3. The Morgan fingerprint density at radius 1 is 1.32 bits per heavy atom. The predicted octanol–water partition coefficient (Wildman–Crippen LogP) is 2.32. The first-order chi connectivity index (χ1) is 10.7. The van der Waals surface area contributed by atoms with Gasteiger partial charge >= 0.3 is 0 Å². The monoisotopic (exact) mass is 305 g/mol. The molecule has 2 N–H and O–H groups in total. The van der Waals surface area contributed by atoms with Crippen LogP contribution in [0.5, 0.6) is 5.75 Å². The molecular weight excluding hydrogens is 278 g/mol. The van der Waals surface area contributed by atoms with E-state index < -0.39 is 0 Å². The van der Waals surface area contributed by atoms with Crippen LogP contribution in [0.15, 0.2) is 29.3 Å². The molecule has 1 unspecified atom stereocenters. The van der Waals surface area contributed by atoms with Crippen LogP contribution in [0.25, 0.3) is 0 Å². The molecule has 0 bridgehead atoms. The molecule has 0 aliphatic carbocycles. The quantitative estimate of drug-likeness (QED) is 0.625. The van der Waals surface area contributed by atoms with Crippen molar-refractivity contribution in [3.8, 4) is 5.75 Å². The number of benzene rings is 1. The maximum Gasteiger partial charge on any atom is 0.191 e. The summed E-state index contributed by atoms with van der Waals surface area (Å²) in [7, 11) is 1.78. The van der Waals surface area contributed by atoms with E-state index in [1.807, 2.05) is 26.0 Å². The third-order valence-electron chi connectivity index (χ3n) is 3.50. The molecule has 0 saturated carbocycles. The number of aliphatic imine (C=N–C) groups is 1. The Kier molecular flexibility index (Phi) is 6.52. The average Bonchev–Trinajstić information content (AvgIpc) is 3.02. The predicted molar refractivity (Wildman–Crippen MR) is 89.4 cm³/mol. The molecule has 1 aliphatic heterocycles. The van der Waals surface area contributed by atoms with Crippen LogP contribution in [0, 0.1) is 0 Å². The van der Waals surface area contributed by atoms with E-state index in [0.717, 1.165) is 44.2 Å². The Labute approximate surface area is 133 Å². The summed E-state index contributed by atoms with van der Waals surface area (Å²) in [4.78, 5) is 4.24. The second-order valence-electron chi connectivity index (χ2n) is 5.75. The zero-order chi connectivity index (χ0) is 15.8. The van der Waals surface area contributed by atoms with Crippen molar-refractivity contribution in [2.45, 2.75) is 45.4 Å². The molecule has 1 aliphatic rings. The van der Waals surface area contributed by atoms with Gasteiger partial charge in [0.15, 0.2) is 5.96 Å². The van der Waals surface area contributed by atoms with Gasteiger partial charge in [0.25, 0.3) is 0 Å². The number of rotatable bonds is 6. The molecule has 22 heavy (non-hydrogen) atoms. The van der Waals surface area contributed by atoms with Crippen molar-refractivity contribution in [1.82, 2.24) is 10.6 Å². The molecule has 0 amide bonds. The summed E-state index contributed by atoms with van der Waals surface area (Å²) in [5.41, 5.74) is 1.19. The van der Waals surface area contributed by atoms with E-state index in [-0.39, 0.29) is 6.10 Å². The minimum Gasteiger partial charge on any atom is -0.491 e. The van der Waals surface area contributed by atoms with Crippen LogP contribution in [0.1, 0.15) is 32.3 Å². The van der Waals surface area contributed by atoms with E-state index in [2.05, 4.69) is 27.8 Å². The standard InChI is InChI=1S/C17H27N3O2/c1-13(2)22-15-8-6-14(7-9-15)11-19-17(18-3)20-12-16-5-4-10-21-16/h6-9,13,16H,4-5,10-12H2,1-3H3,(H2,18,19,20). The third-order valence-corrected chi connectivity index (χ3v) is 3.50. The molecule has 0 spiro atoms. The van der Waals surface area contributed by atoms with E-state index in [4.69, 9.17) is 9.47 Å². The highest BCUT2D eigenvalue weighted by molar-refractivity contribution is 5.79. The summed E-state index contributed by atoms with van der Waals surface area (Å²) in [6.07, 6.45) is 2.79. The first kappa shape index (κ1) is 16.6. The highest BCUT2D eigenvalue weighted by Crippen LogP contribution is 2.13. The molecule has 1 aromatic carbocycles. The Bertz CT molecular complexity index is 465. The van der Waals surface area contributed by atoms with Crippen molar-refractivity contribution in [2.24, 2.45) is 4.99 Å². The van der Waals surface area contributed by atoms with Crippen molar-refractivity contribution in [3.63, 3.8) is 0 Å². The maximum absolute atomic E-state index is 5.64. The fourth-order valence-electron chi connectivity index (χ4n) is 2.38. The number of hydrogen-bond donors (Lipinski definition) is 2. The first-order valence-electron chi connectivity index (χ1n) is 7.99. The van der Waals surface area contributed by atoms with Gasteiger partial charge in [-0.25, -0.2) is 0 Å². The zero-order valence-corrected chi connectivity index (χ0v) is 13.8. The molecule has 2 rings (SSSR count). The second-order valence-corrected chi connectivity index (χ2v) is 5.75. The fraction of sp³-hybridized carbons (Fsp3) is 0.588. The van der Waals surface area contributed by atoms with Crippen LogP contribution in [-0.4, -0.2) is 38.4 Å². The van der Waals surface area contributed by atoms with Crippen molar-refractivity contribution in [2.75, 3.05) is 20.2 Å². The van der Waals surface area contributed by atoms with Crippen LogP contribution in [0.4, 0.5) is 0 Å². The van der Waals surface area contributed by atoms with Gasteiger partial charge in [-0.05, 0) is 44.4 Å². The fourth-order valence-corrected chi connectivity index (χ4v) is 2.38. The highest BCUT2D eigenvalue weighted by atomic mass is 16.5.